The van der Waals surface area contributed by atoms with E-state index >= 15 is 0 Å². The zero-order chi connectivity index (χ0) is 14.2. The predicted molar refractivity (Wildman–Crippen MR) is 82.2 cm³/mol. The third-order valence-corrected chi connectivity index (χ3v) is 4.73. The Morgan fingerprint density at radius 2 is 2.33 bits per heavy atom. The van der Waals surface area contributed by atoms with E-state index in [2.05, 4.69) is 15.5 Å². The van der Waals surface area contributed by atoms with Crippen molar-refractivity contribution in [2.24, 2.45) is 0 Å². The molecular formula is C16H18ClN3O. The summed E-state index contributed by atoms with van der Waals surface area (Å²) < 4.78 is 5.88. The van der Waals surface area contributed by atoms with Gasteiger partial charge in [0, 0.05) is 28.7 Å². The van der Waals surface area contributed by atoms with Crippen molar-refractivity contribution in [3.8, 4) is 11.3 Å². The Morgan fingerprint density at radius 3 is 3.10 bits per heavy atom. The molecule has 0 amide bonds. The Balaban J connectivity index is 1.48. The molecule has 1 aromatic heterocycles. The summed E-state index contributed by atoms with van der Waals surface area (Å²) in [6, 6.07) is 8.32. The van der Waals surface area contributed by atoms with E-state index < -0.39 is 0 Å². The third kappa shape index (κ3) is 2.59. The molecule has 110 valence electrons. The zero-order valence-electron chi connectivity index (χ0n) is 11.7. The highest BCUT2D eigenvalue weighted by Crippen LogP contribution is 2.34. The van der Waals surface area contributed by atoms with Gasteiger partial charge in [0.05, 0.1) is 24.1 Å². The van der Waals surface area contributed by atoms with Crippen molar-refractivity contribution in [2.75, 3.05) is 0 Å². The van der Waals surface area contributed by atoms with E-state index in [9.17, 15) is 0 Å². The molecule has 0 spiro atoms. The van der Waals surface area contributed by atoms with E-state index in [1.54, 1.807) is 0 Å². The number of nitrogens with one attached hydrogen (secondary N) is 2. The molecule has 4 nitrogen and oxygen atoms in total. The number of fused-ring (bicyclic) bond motifs is 2. The van der Waals surface area contributed by atoms with Crippen LogP contribution in [0.5, 0.6) is 0 Å². The summed E-state index contributed by atoms with van der Waals surface area (Å²) >= 11 is 6.07. The van der Waals surface area contributed by atoms with Crippen LogP contribution in [-0.4, -0.2) is 28.4 Å². The molecule has 4 rings (SSSR count). The van der Waals surface area contributed by atoms with Crippen molar-refractivity contribution < 1.29 is 4.74 Å². The molecule has 2 saturated heterocycles. The van der Waals surface area contributed by atoms with Gasteiger partial charge in [-0.25, -0.2) is 0 Å². The Hall–Kier alpha value is -1.36. The number of halogens is 1. The van der Waals surface area contributed by atoms with Crippen molar-refractivity contribution in [3.63, 3.8) is 0 Å². The van der Waals surface area contributed by atoms with Crippen LogP contribution in [0.2, 0.25) is 5.02 Å². The Morgan fingerprint density at radius 1 is 1.38 bits per heavy atom. The highest BCUT2D eigenvalue weighted by atomic mass is 35.5. The second-order valence-corrected chi connectivity index (χ2v) is 6.31. The largest absolute Gasteiger partial charge is 0.373 e. The fourth-order valence-electron chi connectivity index (χ4n) is 3.43. The molecule has 1 aromatic carbocycles. The smallest absolute Gasteiger partial charge is 0.0733 e. The van der Waals surface area contributed by atoms with Crippen LogP contribution in [0.4, 0.5) is 0 Å². The monoisotopic (exact) mass is 303 g/mol. The van der Waals surface area contributed by atoms with Crippen LogP contribution in [0.15, 0.2) is 30.5 Å². The maximum atomic E-state index is 6.07. The van der Waals surface area contributed by atoms with E-state index in [-0.39, 0.29) is 0 Å². The van der Waals surface area contributed by atoms with Crippen LogP contribution in [0.3, 0.4) is 0 Å². The fraction of sp³-hybridized carbons (Fsp3) is 0.438. The van der Waals surface area contributed by atoms with Crippen LogP contribution in [0, 0.1) is 0 Å². The van der Waals surface area contributed by atoms with Gasteiger partial charge in [-0.05, 0) is 31.4 Å². The maximum Gasteiger partial charge on any atom is 0.0733 e. The third-order valence-electron chi connectivity index (χ3n) is 4.49. The molecule has 21 heavy (non-hydrogen) atoms. The summed E-state index contributed by atoms with van der Waals surface area (Å²) in [6.07, 6.45) is 6.31. The number of aromatic amines is 1. The summed E-state index contributed by atoms with van der Waals surface area (Å²) in [7, 11) is 0. The Labute approximate surface area is 128 Å². The lowest BCUT2D eigenvalue weighted by atomic mass is 9.95. The van der Waals surface area contributed by atoms with Crippen molar-refractivity contribution in [2.45, 2.75) is 44.1 Å². The number of aromatic nitrogens is 2. The number of hydrogen-bond donors (Lipinski definition) is 2. The number of benzene rings is 1. The van der Waals surface area contributed by atoms with E-state index in [1.165, 1.54) is 18.4 Å². The van der Waals surface area contributed by atoms with Crippen LogP contribution < -0.4 is 5.32 Å². The number of nitrogens with zero attached hydrogens (tertiary/aromatic N) is 1. The van der Waals surface area contributed by atoms with Crippen LogP contribution in [0.25, 0.3) is 11.3 Å². The summed E-state index contributed by atoms with van der Waals surface area (Å²) in [5.74, 6) is 0. The van der Waals surface area contributed by atoms with Gasteiger partial charge in [-0.1, -0.05) is 23.7 Å². The average Bonchev–Trinajstić information content (AvgIpc) is 3.21. The topological polar surface area (TPSA) is 49.9 Å². The molecule has 2 bridgehead atoms. The summed E-state index contributed by atoms with van der Waals surface area (Å²) in [5, 5.41) is 11.6. The molecule has 3 atom stereocenters. The van der Waals surface area contributed by atoms with Crippen molar-refractivity contribution in [3.05, 3.63) is 41.0 Å². The minimum absolute atomic E-state index is 0.400. The van der Waals surface area contributed by atoms with Crippen molar-refractivity contribution in [1.29, 1.82) is 0 Å². The van der Waals surface area contributed by atoms with Gasteiger partial charge in [0.15, 0.2) is 0 Å². The summed E-state index contributed by atoms with van der Waals surface area (Å²) in [4.78, 5) is 0. The van der Waals surface area contributed by atoms with E-state index in [0.717, 1.165) is 29.2 Å². The predicted octanol–water partition coefficient (Wildman–Crippen LogP) is 3.14. The first-order chi connectivity index (χ1) is 10.3. The lowest BCUT2D eigenvalue weighted by Crippen LogP contribution is -2.37. The van der Waals surface area contributed by atoms with Crippen LogP contribution in [0.1, 0.15) is 24.8 Å². The standard InChI is InChI=1S/C16H18ClN3O/c17-12-3-1-2-10(6-12)16-11(9-19-20-16)8-18-14-7-13-4-5-15(14)21-13/h1-3,6,9,13-15,18H,4-5,7-8H2,(H,19,20)/t13-,14+,15-/m1/s1. The first kappa shape index (κ1) is 13.3. The zero-order valence-corrected chi connectivity index (χ0v) is 12.4. The highest BCUT2D eigenvalue weighted by Gasteiger charge is 2.40. The quantitative estimate of drug-likeness (QED) is 0.912. The molecule has 2 aliphatic heterocycles. The minimum atomic E-state index is 0.400. The van der Waals surface area contributed by atoms with Gasteiger partial charge in [0.1, 0.15) is 0 Å². The first-order valence-corrected chi connectivity index (χ1v) is 7.84. The van der Waals surface area contributed by atoms with Crippen molar-refractivity contribution in [1.82, 2.24) is 15.5 Å². The van der Waals surface area contributed by atoms with Crippen molar-refractivity contribution >= 4 is 11.6 Å². The molecular weight excluding hydrogens is 286 g/mol. The second-order valence-electron chi connectivity index (χ2n) is 5.88. The molecule has 2 aromatic rings. The molecule has 0 aliphatic carbocycles. The molecule has 0 saturated carbocycles. The minimum Gasteiger partial charge on any atom is -0.373 e. The van der Waals surface area contributed by atoms with E-state index in [0.29, 0.717) is 18.2 Å². The van der Waals surface area contributed by atoms with Gasteiger partial charge in [-0.15, -0.1) is 0 Å². The van der Waals surface area contributed by atoms with Gasteiger partial charge in [-0.2, -0.15) is 5.10 Å². The number of rotatable bonds is 4. The SMILES string of the molecule is Clc1cccc(-c2[nH]ncc2CN[C@H]2C[C@H]3CC[C@H]2O3)c1. The molecule has 5 heteroatoms. The number of H-pyrrole nitrogens is 1. The lowest BCUT2D eigenvalue weighted by Gasteiger charge is -2.20. The van der Waals surface area contributed by atoms with Gasteiger partial charge in [0.2, 0.25) is 0 Å². The van der Waals surface area contributed by atoms with Gasteiger partial charge in [0.25, 0.3) is 0 Å². The Bertz CT molecular complexity index is 642. The van der Waals surface area contributed by atoms with E-state index in [1.807, 2.05) is 30.5 Å². The number of hydrogen-bond acceptors (Lipinski definition) is 3. The van der Waals surface area contributed by atoms with Gasteiger partial charge in [-0.3, -0.25) is 5.10 Å². The summed E-state index contributed by atoms with van der Waals surface area (Å²) in [5.41, 5.74) is 3.27. The average molecular weight is 304 g/mol. The van der Waals surface area contributed by atoms with Crippen LogP contribution in [-0.2, 0) is 11.3 Å². The highest BCUT2D eigenvalue weighted by molar-refractivity contribution is 6.30. The molecule has 2 fully saturated rings. The molecule has 2 N–H and O–H groups in total. The fourth-order valence-corrected chi connectivity index (χ4v) is 3.62. The molecule has 2 aliphatic rings. The molecule has 0 radical (unpaired) electrons. The number of ether oxygens (including phenoxy) is 1. The van der Waals surface area contributed by atoms with Gasteiger partial charge < -0.3 is 10.1 Å². The first-order valence-electron chi connectivity index (χ1n) is 7.46. The molecule has 0 unspecified atom stereocenters. The Kier molecular flexibility index (Phi) is 3.45. The van der Waals surface area contributed by atoms with Gasteiger partial charge >= 0.3 is 0 Å². The lowest BCUT2D eigenvalue weighted by molar-refractivity contribution is 0.0973. The normalized spacial score (nSPS) is 27.4. The van der Waals surface area contributed by atoms with E-state index in [4.69, 9.17) is 16.3 Å². The summed E-state index contributed by atoms with van der Waals surface area (Å²) in [6.45, 7) is 0.801. The molecule has 3 heterocycles. The second kappa shape index (κ2) is 5.44. The van der Waals surface area contributed by atoms with Crippen LogP contribution >= 0.6 is 11.6 Å². The maximum absolute atomic E-state index is 6.07.